The van der Waals surface area contributed by atoms with Crippen molar-refractivity contribution >= 4 is 5.91 Å². The van der Waals surface area contributed by atoms with Gasteiger partial charge < -0.3 is 14.8 Å². The molecule has 0 spiro atoms. The van der Waals surface area contributed by atoms with Crippen molar-refractivity contribution in [3.05, 3.63) is 0 Å². The molecule has 4 heteroatoms. The van der Waals surface area contributed by atoms with Gasteiger partial charge in [0, 0.05) is 12.0 Å². The van der Waals surface area contributed by atoms with E-state index in [1.54, 1.807) is 0 Å². The van der Waals surface area contributed by atoms with Gasteiger partial charge in [-0.2, -0.15) is 0 Å². The summed E-state index contributed by atoms with van der Waals surface area (Å²) in [6.45, 7) is 8.85. The third-order valence-corrected chi connectivity index (χ3v) is 2.89. The third kappa shape index (κ3) is 3.47. The summed E-state index contributed by atoms with van der Waals surface area (Å²) in [5.74, 6) is 0.0770. The summed E-state index contributed by atoms with van der Waals surface area (Å²) in [5, 5.41) is 2.89. The minimum atomic E-state index is -0.301. The Morgan fingerprint density at radius 2 is 2.20 bits per heavy atom. The lowest BCUT2D eigenvalue weighted by atomic mass is 9.89. The van der Waals surface area contributed by atoms with Crippen LogP contribution < -0.4 is 5.32 Å². The largest absolute Gasteiger partial charge is 0.353 e. The molecule has 1 fully saturated rings. The van der Waals surface area contributed by atoms with E-state index in [0.717, 1.165) is 6.42 Å². The summed E-state index contributed by atoms with van der Waals surface area (Å²) in [5.41, 5.74) is -0.301. The van der Waals surface area contributed by atoms with E-state index in [1.807, 2.05) is 27.7 Å². The van der Waals surface area contributed by atoms with Gasteiger partial charge in [0.2, 0.25) is 5.91 Å². The Morgan fingerprint density at radius 3 is 2.67 bits per heavy atom. The highest BCUT2D eigenvalue weighted by Crippen LogP contribution is 2.19. The quantitative estimate of drug-likeness (QED) is 0.769. The first kappa shape index (κ1) is 12.5. The maximum Gasteiger partial charge on any atom is 0.225 e. The second kappa shape index (κ2) is 4.94. The van der Waals surface area contributed by atoms with Gasteiger partial charge in [0.05, 0.1) is 6.61 Å². The molecule has 1 saturated heterocycles. The average Bonchev–Trinajstić information content (AvgIpc) is 2.60. The van der Waals surface area contributed by atoms with Gasteiger partial charge in [-0.05, 0) is 13.3 Å². The molecule has 0 radical (unpaired) electrons. The fraction of sp³-hybridized carbons (Fsp3) is 0.909. The van der Waals surface area contributed by atoms with E-state index < -0.39 is 0 Å². The van der Waals surface area contributed by atoms with E-state index in [2.05, 4.69) is 5.32 Å². The minimum Gasteiger partial charge on any atom is -0.353 e. The van der Waals surface area contributed by atoms with Gasteiger partial charge in [-0.15, -0.1) is 0 Å². The Kier molecular flexibility index (Phi) is 4.11. The highest BCUT2D eigenvalue weighted by Gasteiger charge is 2.27. The van der Waals surface area contributed by atoms with Crippen LogP contribution in [-0.2, 0) is 14.3 Å². The Balaban J connectivity index is 2.28. The molecular formula is C11H21NO3. The monoisotopic (exact) mass is 215 g/mol. The molecule has 0 aromatic carbocycles. The number of ether oxygens (including phenoxy) is 2. The molecule has 88 valence electrons. The highest BCUT2D eigenvalue weighted by atomic mass is 16.7. The lowest BCUT2D eigenvalue weighted by Crippen LogP contribution is -2.41. The molecule has 1 heterocycles. The first-order valence-corrected chi connectivity index (χ1v) is 5.51. The molecule has 0 aromatic heterocycles. The normalized spacial score (nSPS) is 26.7. The zero-order valence-electron chi connectivity index (χ0n) is 10.0. The summed E-state index contributed by atoms with van der Waals surface area (Å²) < 4.78 is 10.7. The lowest BCUT2D eigenvalue weighted by molar-refractivity contribution is -0.130. The molecular weight excluding hydrogens is 194 g/mol. The van der Waals surface area contributed by atoms with Crippen LogP contribution in [0.25, 0.3) is 0 Å². The van der Waals surface area contributed by atoms with E-state index in [9.17, 15) is 4.79 Å². The predicted molar refractivity (Wildman–Crippen MR) is 57.4 cm³/mol. The molecule has 1 amide bonds. The Labute approximate surface area is 91.3 Å². The summed E-state index contributed by atoms with van der Waals surface area (Å²) >= 11 is 0. The van der Waals surface area contributed by atoms with Crippen LogP contribution in [0.4, 0.5) is 0 Å². The van der Waals surface area contributed by atoms with Gasteiger partial charge in [0.1, 0.15) is 6.10 Å². The molecule has 0 aromatic rings. The van der Waals surface area contributed by atoms with Crippen molar-refractivity contribution in [1.29, 1.82) is 0 Å². The topological polar surface area (TPSA) is 47.6 Å². The molecule has 15 heavy (non-hydrogen) atoms. The standard InChI is InChI=1S/C11H21NO3/c1-5-11(3,4)10(13)12-6-9-7-14-8(2)15-9/h8-9H,5-7H2,1-4H3,(H,12,13). The van der Waals surface area contributed by atoms with Crippen molar-refractivity contribution in [3.8, 4) is 0 Å². The maximum absolute atomic E-state index is 11.7. The van der Waals surface area contributed by atoms with Gasteiger partial charge in [-0.3, -0.25) is 4.79 Å². The molecule has 0 aliphatic carbocycles. The lowest BCUT2D eigenvalue weighted by Gasteiger charge is -2.22. The zero-order valence-corrected chi connectivity index (χ0v) is 10.0. The van der Waals surface area contributed by atoms with Crippen LogP contribution in [0.1, 0.15) is 34.1 Å². The fourth-order valence-corrected chi connectivity index (χ4v) is 1.31. The van der Waals surface area contributed by atoms with Crippen molar-refractivity contribution in [2.24, 2.45) is 5.41 Å². The van der Waals surface area contributed by atoms with Crippen LogP contribution in [0, 0.1) is 5.41 Å². The third-order valence-electron chi connectivity index (χ3n) is 2.89. The van der Waals surface area contributed by atoms with Crippen LogP contribution in [0.15, 0.2) is 0 Å². The summed E-state index contributed by atoms with van der Waals surface area (Å²) in [6, 6.07) is 0. The summed E-state index contributed by atoms with van der Waals surface area (Å²) in [7, 11) is 0. The van der Waals surface area contributed by atoms with Crippen LogP contribution in [-0.4, -0.2) is 31.5 Å². The van der Waals surface area contributed by atoms with Crippen LogP contribution in [0.5, 0.6) is 0 Å². The SMILES string of the molecule is CCC(C)(C)C(=O)NCC1COC(C)O1. The van der Waals surface area contributed by atoms with Crippen LogP contribution >= 0.6 is 0 Å². The number of rotatable bonds is 4. The van der Waals surface area contributed by atoms with Crippen molar-refractivity contribution < 1.29 is 14.3 Å². The number of hydrogen-bond donors (Lipinski definition) is 1. The summed E-state index contributed by atoms with van der Waals surface area (Å²) in [4.78, 5) is 11.7. The highest BCUT2D eigenvalue weighted by molar-refractivity contribution is 5.81. The number of carbonyl (C=O) groups excluding carboxylic acids is 1. The first-order chi connectivity index (χ1) is 6.95. The molecule has 1 aliphatic heterocycles. The number of hydrogen-bond acceptors (Lipinski definition) is 3. The van der Waals surface area contributed by atoms with Gasteiger partial charge in [-0.1, -0.05) is 20.8 Å². The van der Waals surface area contributed by atoms with E-state index in [1.165, 1.54) is 0 Å². The van der Waals surface area contributed by atoms with E-state index >= 15 is 0 Å². The second-order valence-corrected chi connectivity index (χ2v) is 4.61. The zero-order chi connectivity index (χ0) is 11.5. The van der Waals surface area contributed by atoms with Gasteiger partial charge in [0.15, 0.2) is 6.29 Å². The Hall–Kier alpha value is -0.610. The van der Waals surface area contributed by atoms with Crippen molar-refractivity contribution in [3.63, 3.8) is 0 Å². The van der Waals surface area contributed by atoms with Crippen molar-refractivity contribution in [2.75, 3.05) is 13.2 Å². The van der Waals surface area contributed by atoms with Gasteiger partial charge in [-0.25, -0.2) is 0 Å². The molecule has 0 saturated carbocycles. The maximum atomic E-state index is 11.7. The van der Waals surface area contributed by atoms with Crippen molar-refractivity contribution in [2.45, 2.75) is 46.5 Å². The fourth-order valence-electron chi connectivity index (χ4n) is 1.31. The summed E-state index contributed by atoms with van der Waals surface area (Å²) in [6.07, 6.45) is 0.680. The van der Waals surface area contributed by atoms with Crippen molar-refractivity contribution in [1.82, 2.24) is 5.32 Å². The number of nitrogens with one attached hydrogen (secondary N) is 1. The predicted octanol–water partition coefficient (Wildman–Crippen LogP) is 1.30. The number of amides is 1. The molecule has 2 atom stereocenters. The van der Waals surface area contributed by atoms with E-state index in [-0.39, 0.29) is 23.7 Å². The van der Waals surface area contributed by atoms with Crippen LogP contribution in [0.3, 0.4) is 0 Å². The molecule has 2 unspecified atom stereocenters. The van der Waals surface area contributed by atoms with Gasteiger partial charge >= 0.3 is 0 Å². The minimum absolute atomic E-state index is 0.00314. The average molecular weight is 215 g/mol. The molecule has 1 rings (SSSR count). The van der Waals surface area contributed by atoms with E-state index in [0.29, 0.717) is 13.2 Å². The molecule has 1 N–H and O–H groups in total. The Bertz CT molecular complexity index is 228. The van der Waals surface area contributed by atoms with E-state index in [4.69, 9.17) is 9.47 Å². The Morgan fingerprint density at radius 1 is 1.53 bits per heavy atom. The number of carbonyl (C=O) groups is 1. The van der Waals surface area contributed by atoms with Crippen LogP contribution in [0.2, 0.25) is 0 Å². The molecule has 1 aliphatic rings. The second-order valence-electron chi connectivity index (χ2n) is 4.61. The first-order valence-electron chi connectivity index (χ1n) is 5.51. The van der Waals surface area contributed by atoms with Gasteiger partial charge in [0.25, 0.3) is 0 Å². The molecule has 4 nitrogen and oxygen atoms in total. The molecule has 0 bridgehead atoms. The smallest absolute Gasteiger partial charge is 0.225 e.